The van der Waals surface area contributed by atoms with Crippen molar-refractivity contribution in [3.8, 4) is 0 Å². The first-order chi connectivity index (χ1) is 10.6. The minimum atomic E-state index is -0.172. The maximum Gasteiger partial charge on any atom is 0.123 e. The summed E-state index contributed by atoms with van der Waals surface area (Å²) in [6.07, 6.45) is 4.72. The highest BCUT2D eigenvalue weighted by atomic mass is 19.1. The van der Waals surface area contributed by atoms with Gasteiger partial charge in [0, 0.05) is 37.0 Å². The molecule has 3 heteroatoms. The summed E-state index contributed by atoms with van der Waals surface area (Å²) in [4.78, 5) is 7.14. The van der Waals surface area contributed by atoms with Crippen LogP contribution in [0.4, 0.5) is 4.39 Å². The number of rotatable bonds is 2. The van der Waals surface area contributed by atoms with Crippen molar-refractivity contribution in [1.29, 1.82) is 0 Å². The van der Waals surface area contributed by atoms with Crippen LogP contribution in [-0.2, 0) is 0 Å². The number of likely N-dealkylation sites (tertiary alicyclic amines) is 1. The average Bonchev–Trinajstić information content (AvgIpc) is 3.13. The van der Waals surface area contributed by atoms with Gasteiger partial charge in [0.2, 0.25) is 0 Å². The number of hydrogen-bond donors (Lipinski definition) is 0. The van der Waals surface area contributed by atoms with E-state index >= 15 is 0 Å². The SMILES string of the molecule is CN=C1/C(=C(\C)N2CCCC2C)CCC1c1ccc(F)cc1. The van der Waals surface area contributed by atoms with Crippen LogP contribution in [-0.4, -0.2) is 30.2 Å². The summed E-state index contributed by atoms with van der Waals surface area (Å²) in [6.45, 7) is 5.72. The number of hydrogen-bond acceptors (Lipinski definition) is 2. The van der Waals surface area contributed by atoms with Crippen molar-refractivity contribution in [1.82, 2.24) is 4.90 Å². The number of allylic oxidation sites excluding steroid dienone is 2. The van der Waals surface area contributed by atoms with Gasteiger partial charge in [-0.2, -0.15) is 0 Å². The zero-order chi connectivity index (χ0) is 15.7. The summed E-state index contributed by atoms with van der Waals surface area (Å²) in [5, 5.41) is 0. The van der Waals surface area contributed by atoms with E-state index < -0.39 is 0 Å². The fourth-order valence-corrected chi connectivity index (χ4v) is 4.05. The molecular formula is C19H25FN2. The standard InChI is InChI=1S/C19H25FN2/c1-13-5-4-12-22(13)14(2)17-10-11-18(19(17)21-3)15-6-8-16(20)9-7-15/h6-9,13,18H,4-5,10-12H2,1-3H3/b17-14+,21-19?. The molecule has 0 aromatic heterocycles. The Bertz CT molecular complexity index is 600. The number of aliphatic imine (C=N–C) groups is 1. The minimum absolute atomic E-state index is 0.172. The first-order valence-corrected chi connectivity index (χ1v) is 8.30. The number of halogens is 1. The molecule has 2 unspecified atom stereocenters. The lowest BCUT2D eigenvalue weighted by molar-refractivity contribution is 0.338. The molecule has 1 saturated carbocycles. The maximum atomic E-state index is 13.2. The van der Waals surface area contributed by atoms with Crippen LogP contribution >= 0.6 is 0 Å². The van der Waals surface area contributed by atoms with E-state index in [1.807, 2.05) is 19.2 Å². The van der Waals surface area contributed by atoms with Gasteiger partial charge in [0.25, 0.3) is 0 Å². The Kier molecular flexibility index (Phi) is 4.32. The minimum Gasteiger partial charge on any atom is -0.372 e. The van der Waals surface area contributed by atoms with E-state index in [0.717, 1.165) is 19.4 Å². The van der Waals surface area contributed by atoms with Gasteiger partial charge in [0.05, 0.1) is 0 Å². The quantitative estimate of drug-likeness (QED) is 0.783. The zero-order valence-corrected chi connectivity index (χ0v) is 13.8. The van der Waals surface area contributed by atoms with Gasteiger partial charge in [-0.3, -0.25) is 4.99 Å². The highest BCUT2D eigenvalue weighted by Crippen LogP contribution is 2.39. The molecule has 0 spiro atoms. The van der Waals surface area contributed by atoms with Crippen LogP contribution in [0.5, 0.6) is 0 Å². The second kappa shape index (κ2) is 6.23. The Balaban J connectivity index is 1.91. The van der Waals surface area contributed by atoms with Gasteiger partial charge >= 0.3 is 0 Å². The van der Waals surface area contributed by atoms with E-state index in [1.54, 1.807) is 12.1 Å². The molecule has 1 aliphatic carbocycles. The lowest BCUT2D eigenvalue weighted by Gasteiger charge is -2.26. The van der Waals surface area contributed by atoms with Crippen molar-refractivity contribution in [2.75, 3.05) is 13.6 Å². The molecule has 0 bridgehead atoms. The van der Waals surface area contributed by atoms with E-state index in [-0.39, 0.29) is 5.82 Å². The fraction of sp³-hybridized carbons (Fsp3) is 0.526. The normalized spacial score (nSPS) is 29.5. The van der Waals surface area contributed by atoms with Gasteiger partial charge in [-0.05, 0) is 62.8 Å². The van der Waals surface area contributed by atoms with Crippen LogP contribution in [0.2, 0.25) is 0 Å². The van der Waals surface area contributed by atoms with Gasteiger partial charge in [-0.15, -0.1) is 0 Å². The predicted octanol–water partition coefficient (Wildman–Crippen LogP) is 4.53. The summed E-state index contributed by atoms with van der Waals surface area (Å²) in [7, 11) is 1.89. The van der Waals surface area contributed by atoms with E-state index in [1.165, 1.54) is 35.4 Å². The third-order valence-corrected chi connectivity index (χ3v) is 5.26. The van der Waals surface area contributed by atoms with Gasteiger partial charge in [-0.25, -0.2) is 4.39 Å². The molecule has 1 saturated heterocycles. The molecule has 3 rings (SSSR count). The molecule has 1 aromatic rings. The highest BCUT2D eigenvalue weighted by Gasteiger charge is 2.32. The Morgan fingerprint density at radius 1 is 1.23 bits per heavy atom. The predicted molar refractivity (Wildman–Crippen MR) is 89.8 cm³/mol. The molecule has 2 atom stereocenters. The molecule has 1 aliphatic heterocycles. The summed E-state index contributed by atoms with van der Waals surface area (Å²) in [5.74, 6) is 0.142. The van der Waals surface area contributed by atoms with Crippen molar-refractivity contribution >= 4 is 5.71 Å². The monoisotopic (exact) mass is 300 g/mol. The second-order valence-corrected chi connectivity index (χ2v) is 6.50. The van der Waals surface area contributed by atoms with Gasteiger partial charge in [0.15, 0.2) is 0 Å². The van der Waals surface area contributed by atoms with Crippen molar-refractivity contribution in [3.63, 3.8) is 0 Å². The third kappa shape index (κ3) is 2.69. The molecule has 0 radical (unpaired) electrons. The van der Waals surface area contributed by atoms with E-state index in [2.05, 4.69) is 23.7 Å². The van der Waals surface area contributed by atoms with Crippen molar-refractivity contribution in [2.24, 2.45) is 4.99 Å². The smallest absolute Gasteiger partial charge is 0.123 e. The Labute approximate surface area is 132 Å². The van der Waals surface area contributed by atoms with Crippen molar-refractivity contribution < 1.29 is 4.39 Å². The molecule has 1 aromatic carbocycles. The molecule has 2 aliphatic rings. The molecule has 2 nitrogen and oxygen atoms in total. The number of benzene rings is 1. The summed E-state index contributed by atoms with van der Waals surface area (Å²) in [5.41, 5.74) is 5.18. The van der Waals surface area contributed by atoms with Gasteiger partial charge in [-0.1, -0.05) is 12.1 Å². The largest absolute Gasteiger partial charge is 0.372 e. The summed E-state index contributed by atoms with van der Waals surface area (Å²) in [6, 6.07) is 7.55. The molecule has 1 heterocycles. The fourth-order valence-electron chi connectivity index (χ4n) is 4.05. The van der Waals surface area contributed by atoms with Gasteiger partial charge in [0.1, 0.15) is 5.82 Å². The second-order valence-electron chi connectivity index (χ2n) is 6.50. The van der Waals surface area contributed by atoms with Crippen LogP contribution < -0.4 is 0 Å². The summed E-state index contributed by atoms with van der Waals surface area (Å²) >= 11 is 0. The van der Waals surface area contributed by atoms with E-state index in [9.17, 15) is 4.39 Å². The van der Waals surface area contributed by atoms with Gasteiger partial charge < -0.3 is 4.90 Å². The van der Waals surface area contributed by atoms with Crippen LogP contribution in [0.3, 0.4) is 0 Å². The van der Waals surface area contributed by atoms with Crippen molar-refractivity contribution in [2.45, 2.75) is 51.5 Å². The molecule has 22 heavy (non-hydrogen) atoms. The average molecular weight is 300 g/mol. The topological polar surface area (TPSA) is 15.6 Å². The first-order valence-electron chi connectivity index (χ1n) is 8.30. The Morgan fingerprint density at radius 2 is 1.95 bits per heavy atom. The van der Waals surface area contributed by atoms with E-state index in [4.69, 9.17) is 0 Å². The zero-order valence-electron chi connectivity index (χ0n) is 13.8. The highest BCUT2D eigenvalue weighted by molar-refractivity contribution is 6.07. The molecule has 0 amide bonds. The van der Waals surface area contributed by atoms with Crippen molar-refractivity contribution in [3.05, 3.63) is 46.9 Å². The van der Waals surface area contributed by atoms with E-state index in [0.29, 0.717) is 12.0 Å². The maximum absolute atomic E-state index is 13.2. The Morgan fingerprint density at radius 3 is 2.55 bits per heavy atom. The third-order valence-electron chi connectivity index (χ3n) is 5.26. The lowest BCUT2D eigenvalue weighted by Crippen LogP contribution is -2.27. The van der Waals surface area contributed by atoms with Crippen LogP contribution in [0, 0.1) is 5.82 Å². The van der Waals surface area contributed by atoms with Crippen LogP contribution in [0.15, 0.2) is 40.5 Å². The van der Waals surface area contributed by atoms with Crippen LogP contribution in [0.1, 0.15) is 51.0 Å². The molecular weight excluding hydrogens is 275 g/mol. The van der Waals surface area contributed by atoms with Crippen LogP contribution in [0.25, 0.3) is 0 Å². The number of nitrogens with zero attached hydrogens (tertiary/aromatic N) is 2. The lowest BCUT2D eigenvalue weighted by atomic mass is 9.95. The first kappa shape index (κ1) is 15.3. The Hall–Kier alpha value is -1.64. The molecule has 0 N–H and O–H groups in total. The molecule has 2 fully saturated rings. The molecule has 118 valence electrons. The summed E-state index contributed by atoms with van der Waals surface area (Å²) < 4.78 is 13.2.